The van der Waals surface area contributed by atoms with Crippen LogP contribution in [0.15, 0.2) is 15.7 Å². The number of H-pyrrole nitrogens is 2. The third-order valence-corrected chi connectivity index (χ3v) is 4.58. The molecule has 1 aromatic rings. The maximum absolute atomic E-state index is 11.4. The molecular formula is C15H24N4O3. The van der Waals surface area contributed by atoms with Crippen molar-refractivity contribution in [3.8, 4) is 0 Å². The summed E-state index contributed by atoms with van der Waals surface area (Å²) in [7, 11) is 0. The van der Waals surface area contributed by atoms with Crippen LogP contribution in [0.2, 0.25) is 0 Å². The van der Waals surface area contributed by atoms with E-state index in [0.717, 1.165) is 45.6 Å². The Labute approximate surface area is 129 Å². The molecule has 3 heterocycles. The summed E-state index contributed by atoms with van der Waals surface area (Å²) < 4.78 is 0. The lowest BCUT2D eigenvalue weighted by atomic mass is 9.97. The van der Waals surface area contributed by atoms with Gasteiger partial charge in [-0.05, 0) is 31.7 Å². The van der Waals surface area contributed by atoms with Gasteiger partial charge in [-0.3, -0.25) is 14.7 Å². The lowest BCUT2D eigenvalue weighted by Crippen LogP contribution is -2.41. The van der Waals surface area contributed by atoms with Gasteiger partial charge in [0.2, 0.25) is 0 Å². The van der Waals surface area contributed by atoms with Gasteiger partial charge < -0.3 is 15.0 Å². The average molecular weight is 308 g/mol. The van der Waals surface area contributed by atoms with Gasteiger partial charge in [0.05, 0.1) is 6.10 Å². The number of nitrogens with zero attached hydrogens (tertiary/aromatic N) is 2. The zero-order chi connectivity index (χ0) is 15.5. The monoisotopic (exact) mass is 308 g/mol. The van der Waals surface area contributed by atoms with E-state index in [-0.39, 0.29) is 11.7 Å². The van der Waals surface area contributed by atoms with E-state index >= 15 is 0 Å². The Hall–Kier alpha value is -1.44. The Bertz CT molecular complexity index is 583. The van der Waals surface area contributed by atoms with E-state index in [9.17, 15) is 14.7 Å². The molecule has 3 rings (SSSR count). The normalized spacial score (nSPS) is 27.3. The van der Waals surface area contributed by atoms with Gasteiger partial charge in [-0.2, -0.15) is 0 Å². The molecule has 0 aromatic carbocycles. The number of aliphatic hydroxyl groups excluding tert-OH is 1. The van der Waals surface area contributed by atoms with Crippen LogP contribution < -0.4 is 11.2 Å². The van der Waals surface area contributed by atoms with Crippen molar-refractivity contribution in [2.75, 3.05) is 32.7 Å². The van der Waals surface area contributed by atoms with Crippen molar-refractivity contribution in [3.63, 3.8) is 0 Å². The minimum absolute atomic E-state index is 0.166. The molecule has 22 heavy (non-hydrogen) atoms. The van der Waals surface area contributed by atoms with Crippen molar-refractivity contribution in [1.82, 2.24) is 19.8 Å². The zero-order valence-corrected chi connectivity index (χ0v) is 12.8. The number of aromatic nitrogens is 2. The number of likely N-dealkylation sites (tertiary alicyclic amines) is 2. The van der Waals surface area contributed by atoms with Gasteiger partial charge in [-0.25, -0.2) is 4.79 Å². The molecule has 7 nitrogen and oxygen atoms in total. The molecule has 1 aromatic heterocycles. The second kappa shape index (κ2) is 6.76. The molecular weight excluding hydrogens is 284 g/mol. The van der Waals surface area contributed by atoms with Crippen LogP contribution in [-0.4, -0.2) is 63.7 Å². The van der Waals surface area contributed by atoms with Crippen LogP contribution in [-0.2, 0) is 6.54 Å². The predicted molar refractivity (Wildman–Crippen MR) is 82.7 cm³/mol. The molecule has 0 radical (unpaired) electrons. The molecule has 2 unspecified atom stereocenters. The van der Waals surface area contributed by atoms with E-state index in [0.29, 0.717) is 18.2 Å². The van der Waals surface area contributed by atoms with Crippen LogP contribution in [0, 0.1) is 5.92 Å². The van der Waals surface area contributed by atoms with E-state index in [4.69, 9.17) is 0 Å². The first-order valence-corrected chi connectivity index (χ1v) is 8.04. The summed E-state index contributed by atoms with van der Waals surface area (Å²) in [6, 6.07) is 1.46. The second-order valence-electron chi connectivity index (χ2n) is 6.56. The van der Waals surface area contributed by atoms with E-state index in [2.05, 4.69) is 19.8 Å². The lowest BCUT2D eigenvalue weighted by molar-refractivity contribution is 0.125. The SMILES string of the molecule is O=c1cc(CN2CCCC(CN3CCC(O)C3)C2)[nH]c(=O)[nH]1. The van der Waals surface area contributed by atoms with Crippen molar-refractivity contribution in [1.29, 1.82) is 0 Å². The molecule has 122 valence electrons. The summed E-state index contributed by atoms with van der Waals surface area (Å²) in [5, 5.41) is 9.61. The first-order valence-electron chi connectivity index (χ1n) is 8.04. The van der Waals surface area contributed by atoms with Crippen LogP contribution in [0.5, 0.6) is 0 Å². The van der Waals surface area contributed by atoms with Gasteiger partial charge in [0.25, 0.3) is 5.56 Å². The maximum Gasteiger partial charge on any atom is 0.325 e. The van der Waals surface area contributed by atoms with Crippen molar-refractivity contribution < 1.29 is 5.11 Å². The molecule has 0 aliphatic carbocycles. The number of β-amino-alcohol motifs (C(OH)–C–C–N with tert-alkyl or cyclic N) is 1. The minimum atomic E-state index is -0.442. The van der Waals surface area contributed by atoms with E-state index < -0.39 is 5.69 Å². The summed E-state index contributed by atoms with van der Waals surface area (Å²) in [5.41, 5.74) is -0.119. The maximum atomic E-state index is 11.4. The first-order chi connectivity index (χ1) is 10.6. The highest BCUT2D eigenvalue weighted by atomic mass is 16.3. The fraction of sp³-hybridized carbons (Fsp3) is 0.733. The smallest absolute Gasteiger partial charge is 0.325 e. The summed E-state index contributed by atoms with van der Waals surface area (Å²) >= 11 is 0. The molecule has 0 bridgehead atoms. The van der Waals surface area contributed by atoms with Crippen LogP contribution in [0.25, 0.3) is 0 Å². The molecule has 2 atom stereocenters. The summed E-state index contributed by atoms with van der Waals surface area (Å²) in [6.45, 7) is 5.38. The Morgan fingerprint density at radius 2 is 2.00 bits per heavy atom. The lowest BCUT2D eigenvalue weighted by Gasteiger charge is -2.34. The van der Waals surface area contributed by atoms with E-state index in [1.807, 2.05) is 0 Å². The molecule has 2 fully saturated rings. The van der Waals surface area contributed by atoms with Crippen molar-refractivity contribution in [2.24, 2.45) is 5.92 Å². The van der Waals surface area contributed by atoms with E-state index in [1.165, 1.54) is 12.5 Å². The average Bonchev–Trinajstić information content (AvgIpc) is 2.83. The highest BCUT2D eigenvalue weighted by Gasteiger charge is 2.26. The number of aliphatic hydroxyl groups is 1. The predicted octanol–water partition coefficient (Wildman–Crippen LogP) is -0.658. The number of aromatic amines is 2. The van der Waals surface area contributed by atoms with E-state index in [1.54, 1.807) is 0 Å². The Morgan fingerprint density at radius 1 is 1.14 bits per heavy atom. The van der Waals surface area contributed by atoms with Gasteiger partial charge >= 0.3 is 5.69 Å². The molecule has 0 amide bonds. The number of piperidine rings is 1. The molecule has 3 N–H and O–H groups in total. The van der Waals surface area contributed by atoms with Crippen LogP contribution in [0.4, 0.5) is 0 Å². The topological polar surface area (TPSA) is 92.4 Å². The highest BCUT2D eigenvalue weighted by molar-refractivity contribution is 4.99. The third-order valence-electron chi connectivity index (χ3n) is 4.58. The molecule has 7 heteroatoms. The number of hydrogen-bond acceptors (Lipinski definition) is 5. The fourth-order valence-corrected chi connectivity index (χ4v) is 3.63. The fourth-order valence-electron chi connectivity index (χ4n) is 3.63. The van der Waals surface area contributed by atoms with Gasteiger partial charge in [-0.1, -0.05) is 0 Å². The van der Waals surface area contributed by atoms with Crippen molar-refractivity contribution >= 4 is 0 Å². The Balaban J connectivity index is 1.56. The summed E-state index contributed by atoms with van der Waals surface area (Å²) in [4.78, 5) is 32.2. The van der Waals surface area contributed by atoms with Gasteiger partial charge in [0.15, 0.2) is 0 Å². The number of nitrogens with one attached hydrogen (secondary N) is 2. The van der Waals surface area contributed by atoms with Gasteiger partial charge in [0, 0.05) is 44.5 Å². The van der Waals surface area contributed by atoms with Crippen LogP contribution in [0.3, 0.4) is 0 Å². The number of hydrogen-bond donors (Lipinski definition) is 3. The van der Waals surface area contributed by atoms with Gasteiger partial charge in [-0.15, -0.1) is 0 Å². The first kappa shape index (κ1) is 15.5. The largest absolute Gasteiger partial charge is 0.392 e. The second-order valence-corrected chi connectivity index (χ2v) is 6.56. The van der Waals surface area contributed by atoms with Crippen molar-refractivity contribution in [3.05, 3.63) is 32.6 Å². The molecule has 0 saturated carbocycles. The van der Waals surface area contributed by atoms with Crippen molar-refractivity contribution in [2.45, 2.75) is 31.9 Å². The van der Waals surface area contributed by atoms with Crippen LogP contribution in [0.1, 0.15) is 25.0 Å². The minimum Gasteiger partial charge on any atom is -0.392 e. The summed E-state index contributed by atoms with van der Waals surface area (Å²) in [6.07, 6.45) is 3.05. The molecule has 2 saturated heterocycles. The third kappa shape index (κ3) is 4.06. The molecule has 2 aliphatic heterocycles. The number of rotatable bonds is 4. The van der Waals surface area contributed by atoms with Gasteiger partial charge in [0.1, 0.15) is 0 Å². The quantitative estimate of drug-likeness (QED) is 0.687. The molecule has 2 aliphatic rings. The highest BCUT2D eigenvalue weighted by Crippen LogP contribution is 2.20. The summed E-state index contributed by atoms with van der Waals surface area (Å²) in [5.74, 6) is 0.591. The van der Waals surface area contributed by atoms with Crippen LogP contribution >= 0.6 is 0 Å². The zero-order valence-electron chi connectivity index (χ0n) is 12.8. The Kier molecular flexibility index (Phi) is 4.75. The molecule has 0 spiro atoms. The Morgan fingerprint density at radius 3 is 2.73 bits per heavy atom. The standard InChI is InChI=1S/C15H24N4O3/c20-13-3-5-19(10-13)8-11-2-1-4-18(7-11)9-12-6-14(21)17-15(22)16-12/h6,11,13,20H,1-5,7-10H2,(H2,16,17,21,22).